The van der Waals surface area contributed by atoms with Gasteiger partial charge in [0.15, 0.2) is 5.69 Å². The second-order valence-corrected chi connectivity index (χ2v) is 6.61. The molecule has 0 aliphatic carbocycles. The Morgan fingerprint density at radius 2 is 1.92 bits per heavy atom. The maximum atomic E-state index is 12.1. The van der Waals surface area contributed by atoms with Gasteiger partial charge in [0, 0.05) is 26.8 Å². The summed E-state index contributed by atoms with van der Waals surface area (Å²) in [6, 6.07) is 14.0. The van der Waals surface area contributed by atoms with Crippen LogP contribution in [0.25, 0.3) is 0 Å². The summed E-state index contributed by atoms with van der Waals surface area (Å²) in [6.45, 7) is 0.423. The summed E-state index contributed by atoms with van der Waals surface area (Å²) < 4.78 is 1.61. The van der Waals surface area contributed by atoms with Gasteiger partial charge in [-0.05, 0) is 29.8 Å². The summed E-state index contributed by atoms with van der Waals surface area (Å²) in [5, 5.41) is 9.79. The Hall–Kier alpha value is -2.34. The molecule has 2 aromatic carbocycles. The molecule has 0 unspecified atom stereocenters. The Labute approximate surface area is 165 Å². The number of carbonyl (C=O) groups excluding carboxylic acids is 1. The fourth-order valence-electron chi connectivity index (χ4n) is 2.19. The smallest absolute Gasteiger partial charge is 0.267 e. The van der Waals surface area contributed by atoms with Crippen molar-refractivity contribution in [2.45, 2.75) is 6.54 Å². The molecule has 0 radical (unpaired) electrons. The molecule has 3 aromatic rings. The first-order chi connectivity index (χ1) is 12.5. The van der Waals surface area contributed by atoms with E-state index in [4.69, 9.17) is 34.8 Å². The van der Waals surface area contributed by atoms with Gasteiger partial charge in [-0.1, -0.05) is 59.1 Å². The van der Waals surface area contributed by atoms with E-state index in [1.807, 2.05) is 18.2 Å². The SMILES string of the molecule is O=C(N/N=C/c1ccccc1Cl)c1ccn(Cc2ccc(Cl)cc2Cl)n1. The van der Waals surface area contributed by atoms with Crippen LogP contribution in [0.2, 0.25) is 15.1 Å². The number of rotatable bonds is 5. The zero-order valence-corrected chi connectivity index (χ0v) is 15.6. The predicted molar refractivity (Wildman–Crippen MR) is 104 cm³/mol. The number of hydrogen-bond donors (Lipinski definition) is 1. The number of nitrogens with one attached hydrogen (secondary N) is 1. The summed E-state index contributed by atoms with van der Waals surface area (Å²) in [5.74, 6) is -0.422. The lowest BCUT2D eigenvalue weighted by Crippen LogP contribution is -2.18. The molecule has 0 aliphatic rings. The normalized spacial score (nSPS) is 11.0. The number of aromatic nitrogens is 2. The van der Waals surface area contributed by atoms with E-state index in [2.05, 4.69) is 15.6 Å². The second kappa shape index (κ2) is 8.36. The average molecular weight is 408 g/mol. The minimum Gasteiger partial charge on any atom is -0.267 e. The third kappa shape index (κ3) is 4.64. The highest BCUT2D eigenvalue weighted by Crippen LogP contribution is 2.21. The minimum absolute atomic E-state index is 0.242. The molecule has 0 aliphatic heterocycles. The van der Waals surface area contributed by atoms with E-state index in [-0.39, 0.29) is 5.69 Å². The van der Waals surface area contributed by atoms with Crippen molar-refractivity contribution in [1.82, 2.24) is 15.2 Å². The van der Waals surface area contributed by atoms with E-state index in [1.54, 1.807) is 41.2 Å². The van der Waals surface area contributed by atoms with Crippen LogP contribution in [0.1, 0.15) is 21.6 Å². The molecule has 0 saturated carbocycles. The van der Waals surface area contributed by atoms with Crippen LogP contribution >= 0.6 is 34.8 Å². The first kappa shape index (κ1) is 18.5. The molecule has 1 amide bonds. The van der Waals surface area contributed by atoms with E-state index in [0.29, 0.717) is 27.2 Å². The van der Waals surface area contributed by atoms with Gasteiger partial charge in [-0.3, -0.25) is 9.48 Å². The van der Waals surface area contributed by atoms with Crippen molar-refractivity contribution < 1.29 is 4.79 Å². The molecule has 1 N–H and O–H groups in total. The number of hydrazone groups is 1. The maximum Gasteiger partial charge on any atom is 0.291 e. The second-order valence-electron chi connectivity index (χ2n) is 5.35. The van der Waals surface area contributed by atoms with Gasteiger partial charge < -0.3 is 0 Å². The lowest BCUT2D eigenvalue weighted by molar-refractivity contribution is 0.0949. The number of halogens is 3. The predicted octanol–water partition coefficient (Wildman–Crippen LogP) is 4.66. The molecule has 0 saturated heterocycles. The van der Waals surface area contributed by atoms with E-state index in [9.17, 15) is 4.79 Å². The zero-order valence-electron chi connectivity index (χ0n) is 13.4. The van der Waals surface area contributed by atoms with Gasteiger partial charge in [0.1, 0.15) is 0 Å². The first-order valence-electron chi connectivity index (χ1n) is 7.58. The Morgan fingerprint density at radius 3 is 2.69 bits per heavy atom. The van der Waals surface area contributed by atoms with Crippen LogP contribution in [0, 0.1) is 0 Å². The largest absolute Gasteiger partial charge is 0.291 e. The van der Waals surface area contributed by atoms with Gasteiger partial charge in [-0.15, -0.1) is 0 Å². The van der Waals surface area contributed by atoms with E-state index >= 15 is 0 Å². The van der Waals surface area contributed by atoms with Crippen molar-refractivity contribution in [2.24, 2.45) is 5.10 Å². The molecular formula is C18H13Cl3N4O. The average Bonchev–Trinajstić information content (AvgIpc) is 3.08. The van der Waals surface area contributed by atoms with Gasteiger partial charge in [0.05, 0.1) is 12.8 Å². The lowest BCUT2D eigenvalue weighted by Gasteiger charge is -2.05. The molecule has 0 spiro atoms. The highest BCUT2D eigenvalue weighted by Gasteiger charge is 2.10. The summed E-state index contributed by atoms with van der Waals surface area (Å²) in [7, 11) is 0. The third-order valence-corrected chi connectivity index (χ3v) is 4.43. The third-order valence-electron chi connectivity index (χ3n) is 3.50. The molecule has 0 atom stereocenters. The first-order valence-corrected chi connectivity index (χ1v) is 8.71. The van der Waals surface area contributed by atoms with Crippen molar-refractivity contribution in [1.29, 1.82) is 0 Å². The van der Waals surface area contributed by atoms with E-state index in [1.165, 1.54) is 6.21 Å². The monoisotopic (exact) mass is 406 g/mol. The van der Waals surface area contributed by atoms with Crippen molar-refractivity contribution in [3.05, 3.63) is 86.6 Å². The number of amides is 1. The Kier molecular flexibility index (Phi) is 5.93. The van der Waals surface area contributed by atoms with Crippen molar-refractivity contribution in [3.8, 4) is 0 Å². The molecule has 132 valence electrons. The van der Waals surface area contributed by atoms with Crippen molar-refractivity contribution in [3.63, 3.8) is 0 Å². The summed E-state index contributed by atoms with van der Waals surface area (Å²) >= 11 is 18.1. The van der Waals surface area contributed by atoms with Gasteiger partial charge >= 0.3 is 0 Å². The van der Waals surface area contributed by atoms with Gasteiger partial charge in [0.25, 0.3) is 5.91 Å². The number of benzene rings is 2. The van der Waals surface area contributed by atoms with Crippen molar-refractivity contribution >= 4 is 46.9 Å². The quantitative estimate of drug-likeness (QED) is 0.494. The van der Waals surface area contributed by atoms with Crippen LogP contribution in [0.3, 0.4) is 0 Å². The van der Waals surface area contributed by atoms with Crippen LogP contribution in [0.5, 0.6) is 0 Å². The molecule has 5 nitrogen and oxygen atoms in total. The molecular weight excluding hydrogens is 395 g/mol. The Balaban J connectivity index is 1.63. The fraction of sp³-hybridized carbons (Fsp3) is 0.0556. The summed E-state index contributed by atoms with van der Waals surface area (Å²) in [6.07, 6.45) is 3.17. The fourth-order valence-corrected chi connectivity index (χ4v) is 2.85. The molecule has 0 bridgehead atoms. The lowest BCUT2D eigenvalue weighted by atomic mass is 10.2. The standard InChI is InChI=1S/C18H13Cl3N4O/c19-14-6-5-13(16(21)9-14)11-25-8-7-17(24-25)18(26)23-22-10-12-3-1-2-4-15(12)20/h1-10H,11H2,(H,23,26)/b22-10+. The van der Waals surface area contributed by atoms with Crippen molar-refractivity contribution in [2.75, 3.05) is 0 Å². The topological polar surface area (TPSA) is 59.3 Å². The van der Waals surface area contributed by atoms with E-state index in [0.717, 1.165) is 5.56 Å². The van der Waals surface area contributed by atoms with Gasteiger partial charge in [-0.25, -0.2) is 5.43 Å². The van der Waals surface area contributed by atoms with E-state index < -0.39 is 5.91 Å². The molecule has 1 heterocycles. The molecule has 1 aromatic heterocycles. The summed E-state index contributed by atoms with van der Waals surface area (Å²) in [4.78, 5) is 12.1. The van der Waals surface area contributed by atoms with Crippen LogP contribution in [-0.4, -0.2) is 21.9 Å². The van der Waals surface area contributed by atoms with Crippen LogP contribution in [0.4, 0.5) is 0 Å². The highest BCUT2D eigenvalue weighted by atomic mass is 35.5. The van der Waals surface area contributed by atoms with Gasteiger partial charge in [-0.2, -0.15) is 10.2 Å². The minimum atomic E-state index is -0.422. The molecule has 8 heteroatoms. The maximum absolute atomic E-state index is 12.1. The van der Waals surface area contributed by atoms with Gasteiger partial charge in [0.2, 0.25) is 0 Å². The summed E-state index contributed by atoms with van der Waals surface area (Å²) in [5.41, 5.74) is 4.22. The molecule has 26 heavy (non-hydrogen) atoms. The van der Waals surface area contributed by atoms with Crippen LogP contribution in [0.15, 0.2) is 59.8 Å². The number of carbonyl (C=O) groups is 1. The molecule has 3 rings (SSSR count). The van der Waals surface area contributed by atoms with Crippen LogP contribution < -0.4 is 5.43 Å². The molecule has 0 fully saturated rings. The van der Waals surface area contributed by atoms with Crippen LogP contribution in [-0.2, 0) is 6.54 Å². The highest BCUT2D eigenvalue weighted by molar-refractivity contribution is 6.35. The number of nitrogens with zero attached hydrogens (tertiary/aromatic N) is 3. The number of hydrogen-bond acceptors (Lipinski definition) is 3. The Bertz CT molecular complexity index is 969. The zero-order chi connectivity index (χ0) is 18.5. The Morgan fingerprint density at radius 1 is 1.12 bits per heavy atom.